The van der Waals surface area contributed by atoms with E-state index < -0.39 is 28.5 Å². The molecule has 0 aliphatic carbocycles. The molecule has 0 fully saturated rings. The number of nitrogens with zero attached hydrogens (tertiary/aromatic N) is 1. The molecule has 1 atom stereocenters. The normalized spacial score (nSPS) is 12.1. The van der Waals surface area contributed by atoms with E-state index in [2.05, 4.69) is 20.8 Å². The Balaban J connectivity index is 2.26. The molecular formula is C22H25NO7. The minimum absolute atomic E-state index is 0.0635. The number of hydrogen-bond acceptors (Lipinski definition) is 7. The van der Waals surface area contributed by atoms with Crippen molar-refractivity contribution < 1.29 is 28.7 Å². The number of ketones is 1. The molecule has 8 nitrogen and oxygen atoms in total. The summed E-state index contributed by atoms with van der Waals surface area (Å²) in [6, 6.07) is 9.28. The van der Waals surface area contributed by atoms with E-state index in [0.717, 1.165) is 17.7 Å². The van der Waals surface area contributed by atoms with Gasteiger partial charge in [-0.25, -0.2) is 4.79 Å². The Morgan fingerprint density at radius 3 is 2.00 bits per heavy atom. The lowest BCUT2D eigenvalue weighted by molar-refractivity contribution is -0.385. The highest BCUT2D eigenvalue weighted by atomic mass is 16.6. The van der Waals surface area contributed by atoms with Crippen molar-refractivity contribution >= 4 is 17.4 Å². The minimum Gasteiger partial charge on any atom is -0.493 e. The standard InChI is InChI=1S/C22H25NO7/c1-13(20(24)14-7-9-15(10-8-14)22(2,3)4)30-21(25)16-11-18(28-5)19(29-6)12-17(16)23(26)27/h7-13H,1-6H3. The monoisotopic (exact) mass is 415 g/mol. The predicted molar refractivity (Wildman–Crippen MR) is 111 cm³/mol. The maximum atomic E-state index is 12.7. The van der Waals surface area contributed by atoms with E-state index in [4.69, 9.17) is 14.2 Å². The largest absolute Gasteiger partial charge is 0.493 e. The zero-order chi connectivity index (χ0) is 22.6. The molecule has 0 saturated heterocycles. The maximum Gasteiger partial charge on any atom is 0.346 e. The van der Waals surface area contributed by atoms with E-state index >= 15 is 0 Å². The average molecular weight is 415 g/mol. The van der Waals surface area contributed by atoms with Gasteiger partial charge in [-0.15, -0.1) is 0 Å². The van der Waals surface area contributed by atoms with Gasteiger partial charge in [-0.1, -0.05) is 45.0 Å². The van der Waals surface area contributed by atoms with Crippen LogP contribution < -0.4 is 9.47 Å². The number of nitro groups is 1. The van der Waals surface area contributed by atoms with Gasteiger partial charge in [-0.2, -0.15) is 0 Å². The second-order valence-electron chi connectivity index (χ2n) is 7.72. The van der Waals surface area contributed by atoms with E-state index in [1.807, 2.05) is 12.1 Å². The van der Waals surface area contributed by atoms with Crippen molar-refractivity contribution in [2.75, 3.05) is 14.2 Å². The molecule has 2 aromatic rings. The highest BCUT2D eigenvalue weighted by molar-refractivity contribution is 6.02. The molecule has 2 rings (SSSR count). The highest BCUT2D eigenvalue weighted by Crippen LogP contribution is 2.35. The van der Waals surface area contributed by atoms with Gasteiger partial charge in [-0.05, 0) is 17.9 Å². The molecule has 8 heteroatoms. The molecule has 0 spiro atoms. The molecule has 0 radical (unpaired) electrons. The van der Waals surface area contributed by atoms with E-state index in [1.54, 1.807) is 12.1 Å². The van der Waals surface area contributed by atoms with Crippen LogP contribution in [0.5, 0.6) is 11.5 Å². The summed E-state index contributed by atoms with van der Waals surface area (Å²) in [5.41, 5.74) is 0.536. The number of ether oxygens (including phenoxy) is 3. The number of Topliss-reactive ketones (excluding diaryl/α,β-unsaturated/α-hetero) is 1. The third-order valence-corrected chi connectivity index (χ3v) is 4.61. The summed E-state index contributed by atoms with van der Waals surface area (Å²) >= 11 is 0. The lowest BCUT2D eigenvalue weighted by Gasteiger charge is -2.19. The molecule has 0 aliphatic heterocycles. The summed E-state index contributed by atoms with van der Waals surface area (Å²) in [5, 5.41) is 11.4. The molecule has 30 heavy (non-hydrogen) atoms. The summed E-state index contributed by atoms with van der Waals surface area (Å²) in [7, 11) is 2.66. The first kappa shape index (κ1) is 22.9. The van der Waals surface area contributed by atoms with Gasteiger partial charge in [0.05, 0.1) is 25.2 Å². The summed E-state index contributed by atoms with van der Waals surface area (Å²) in [6.07, 6.45) is -1.13. The smallest absolute Gasteiger partial charge is 0.346 e. The number of esters is 1. The fourth-order valence-corrected chi connectivity index (χ4v) is 2.83. The quantitative estimate of drug-likeness (QED) is 0.287. The number of carbonyl (C=O) groups excluding carboxylic acids is 2. The Hall–Kier alpha value is -3.42. The van der Waals surface area contributed by atoms with Crippen LogP contribution in [-0.2, 0) is 10.2 Å². The number of rotatable bonds is 7. The molecule has 1 unspecified atom stereocenters. The van der Waals surface area contributed by atoms with Crippen LogP contribution in [0.4, 0.5) is 5.69 Å². The molecule has 0 heterocycles. The number of nitro benzene ring substituents is 1. The summed E-state index contributed by atoms with van der Waals surface area (Å²) in [5.74, 6) is -1.18. The Labute approximate surface area is 174 Å². The Morgan fingerprint density at radius 2 is 1.53 bits per heavy atom. The van der Waals surface area contributed by atoms with Crippen LogP contribution in [0, 0.1) is 10.1 Å². The average Bonchev–Trinajstić information content (AvgIpc) is 2.71. The van der Waals surface area contributed by atoms with Crippen molar-refractivity contribution in [2.45, 2.75) is 39.2 Å². The van der Waals surface area contributed by atoms with E-state index in [1.165, 1.54) is 21.1 Å². The van der Waals surface area contributed by atoms with Gasteiger partial charge < -0.3 is 14.2 Å². The van der Waals surface area contributed by atoms with Crippen LogP contribution >= 0.6 is 0 Å². The van der Waals surface area contributed by atoms with Gasteiger partial charge in [0.1, 0.15) is 5.56 Å². The Bertz CT molecular complexity index is 959. The summed E-state index contributed by atoms with van der Waals surface area (Å²) < 4.78 is 15.4. The maximum absolute atomic E-state index is 12.7. The van der Waals surface area contributed by atoms with Crippen molar-refractivity contribution in [1.82, 2.24) is 0 Å². The van der Waals surface area contributed by atoms with Gasteiger partial charge in [0.25, 0.3) is 5.69 Å². The zero-order valence-corrected chi connectivity index (χ0v) is 17.8. The molecule has 160 valence electrons. The first-order valence-corrected chi connectivity index (χ1v) is 9.25. The third kappa shape index (κ3) is 4.94. The highest BCUT2D eigenvalue weighted by Gasteiger charge is 2.28. The summed E-state index contributed by atoms with van der Waals surface area (Å²) in [6.45, 7) is 7.60. The van der Waals surface area contributed by atoms with Crippen LogP contribution in [0.2, 0.25) is 0 Å². The van der Waals surface area contributed by atoms with Gasteiger partial charge in [-0.3, -0.25) is 14.9 Å². The Kier molecular flexibility index (Phi) is 6.81. The molecule has 0 aliphatic rings. The van der Waals surface area contributed by atoms with Crippen molar-refractivity contribution in [2.24, 2.45) is 0 Å². The van der Waals surface area contributed by atoms with Crippen LogP contribution in [0.15, 0.2) is 36.4 Å². The molecular weight excluding hydrogens is 390 g/mol. The van der Waals surface area contributed by atoms with Gasteiger partial charge in [0, 0.05) is 11.6 Å². The van der Waals surface area contributed by atoms with Crippen LogP contribution in [0.1, 0.15) is 54.0 Å². The van der Waals surface area contributed by atoms with E-state index in [0.29, 0.717) is 5.56 Å². The third-order valence-electron chi connectivity index (χ3n) is 4.61. The van der Waals surface area contributed by atoms with Gasteiger partial charge in [0.2, 0.25) is 5.78 Å². The lowest BCUT2D eigenvalue weighted by atomic mass is 9.86. The summed E-state index contributed by atoms with van der Waals surface area (Å²) in [4.78, 5) is 35.9. The van der Waals surface area contributed by atoms with Crippen LogP contribution in [-0.4, -0.2) is 37.0 Å². The number of benzene rings is 2. The van der Waals surface area contributed by atoms with Crippen LogP contribution in [0.3, 0.4) is 0 Å². The SMILES string of the molecule is COc1cc(C(=O)OC(C)C(=O)c2ccc(C(C)(C)C)cc2)c([N+](=O)[O-])cc1OC. The second-order valence-corrected chi connectivity index (χ2v) is 7.72. The number of hydrogen-bond donors (Lipinski definition) is 0. The fourth-order valence-electron chi connectivity index (χ4n) is 2.83. The van der Waals surface area contributed by atoms with E-state index in [-0.39, 0.29) is 22.5 Å². The van der Waals surface area contributed by atoms with Gasteiger partial charge in [0.15, 0.2) is 17.6 Å². The predicted octanol–water partition coefficient (Wildman–Crippen LogP) is 4.34. The van der Waals surface area contributed by atoms with Crippen molar-refractivity contribution in [3.05, 3.63) is 63.2 Å². The minimum atomic E-state index is -1.13. The Morgan fingerprint density at radius 1 is 1.00 bits per heavy atom. The van der Waals surface area contributed by atoms with Crippen molar-refractivity contribution in [3.8, 4) is 11.5 Å². The van der Waals surface area contributed by atoms with E-state index in [9.17, 15) is 19.7 Å². The molecule has 0 aromatic heterocycles. The number of methoxy groups -OCH3 is 2. The first-order valence-electron chi connectivity index (χ1n) is 9.25. The second kappa shape index (κ2) is 8.94. The molecule has 0 N–H and O–H groups in total. The van der Waals surface area contributed by atoms with Gasteiger partial charge >= 0.3 is 5.97 Å². The first-order chi connectivity index (χ1) is 14.0. The van der Waals surface area contributed by atoms with Crippen molar-refractivity contribution in [1.29, 1.82) is 0 Å². The lowest BCUT2D eigenvalue weighted by Crippen LogP contribution is -2.25. The molecule has 2 aromatic carbocycles. The molecule has 0 bridgehead atoms. The zero-order valence-electron chi connectivity index (χ0n) is 17.8. The fraction of sp³-hybridized carbons (Fsp3) is 0.364. The topological polar surface area (TPSA) is 105 Å². The molecule has 0 amide bonds. The van der Waals surface area contributed by atoms with Crippen molar-refractivity contribution in [3.63, 3.8) is 0 Å². The molecule has 0 saturated carbocycles. The van der Waals surface area contributed by atoms with Crippen LogP contribution in [0.25, 0.3) is 0 Å². The number of carbonyl (C=O) groups is 2.